The molecule has 1 aliphatic rings. The van der Waals surface area contributed by atoms with Gasteiger partial charge in [-0.1, -0.05) is 53.4 Å². The summed E-state index contributed by atoms with van der Waals surface area (Å²) >= 11 is 0. The van der Waals surface area contributed by atoms with Gasteiger partial charge >= 0.3 is 0 Å². The maximum Gasteiger partial charge on any atom is 0.0884 e. The Hall–Kier alpha value is -0.0800. The number of rotatable bonds is 5. The minimum Gasteiger partial charge on any atom is -0.390 e. The topological polar surface area (TPSA) is 29.5 Å². The fraction of sp³-hybridized carbons (Fsp3) is 1.00. The van der Waals surface area contributed by atoms with E-state index in [1.165, 1.54) is 32.1 Å². The molecule has 0 aromatic rings. The third-order valence-corrected chi connectivity index (χ3v) is 4.44. The molecule has 0 heterocycles. The highest BCUT2D eigenvalue weighted by Gasteiger charge is 2.39. The van der Waals surface area contributed by atoms with E-state index in [1.54, 1.807) is 0 Å². The van der Waals surface area contributed by atoms with Crippen LogP contribution >= 0.6 is 0 Å². The Morgan fingerprint density at radius 3 is 2.28 bits per heavy atom. The van der Waals surface area contributed by atoms with Gasteiger partial charge in [0.15, 0.2) is 0 Å². The molecule has 1 rings (SSSR count). The first-order chi connectivity index (χ1) is 8.41. The predicted molar refractivity (Wildman–Crippen MR) is 76.6 cm³/mol. The minimum atomic E-state index is -0.310. The van der Waals surface area contributed by atoms with Gasteiger partial charge in [-0.25, -0.2) is 0 Å². The highest BCUT2D eigenvalue weighted by molar-refractivity contribution is 4.89. The number of aliphatic hydroxyl groups is 1. The monoisotopic (exact) mass is 256 g/mol. The van der Waals surface area contributed by atoms with Crippen molar-refractivity contribution in [3.8, 4) is 0 Å². The quantitative estimate of drug-likeness (QED) is 0.805. The van der Waals surface area contributed by atoms with E-state index < -0.39 is 0 Å². The van der Waals surface area contributed by atoms with Gasteiger partial charge in [-0.2, -0.15) is 0 Å². The molecule has 1 N–H and O–H groups in total. The van der Waals surface area contributed by atoms with Crippen LogP contribution in [-0.2, 0) is 4.74 Å². The second kappa shape index (κ2) is 6.91. The molecular weight excluding hydrogens is 224 g/mol. The molecule has 0 spiro atoms. The van der Waals surface area contributed by atoms with E-state index in [1.807, 2.05) is 6.92 Å². The molecule has 2 nitrogen and oxygen atoms in total. The normalized spacial score (nSPS) is 29.0. The van der Waals surface area contributed by atoms with Gasteiger partial charge in [0.2, 0.25) is 0 Å². The second-order valence-electron chi connectivity index (χ2n) is 6.85. The van der Waals surface area contributed by atoms with E-state index in [2.05, 4.69) is 27.7 Å². The van der Waals surface area contributed by atoms with Crippen molar-refractivity contribution in [3.05, 3.63) is 0 Å². The lowest BCUT2D eigenvalue weighted by molar-refractivity contribution is -0.121. The van der Waals surface area contributed by atoms with Gasteiger partial charge in [0.1, 0.15) is 0 Å². The van der Waals surface area contributed by atoms with Crippen molar-refractivity contribution in [2.24, 2.45) is 17.3 Å². The van der Waals surface area contributed by atoms with E-state index in [0.29, 0.717) is 18.4 Å². The van der Waals surface area contributed by atoms with Crippen molar-refractivity contribution < 1.29 is 9.84 Å². The van der Waals surface area contributed by atoms with Gasteiger partial charge < -0.3 is 9.84 Å². The summed E-state index contributed by atoms with van der Waals surface area (Å²) < 4.78 is 5.86. The third kappa shape index (κ3) is 3.96. The first-order valence-electron chi connectivity index (χ1n) is 7.71. The molecular formula is C16H32O2. The maximum absolute atomic E-state index is 10.8. The van der Waals surface area contributed by atoms with E-state index in [-0.39, 0.29) is 17.6 Å². The van der Waals surface area contributed by atoms with Crippen molar-refractivity contribution in [3.63, 3.8) is 0 Å². The Morgan fingerprint density at radius 2 is 1.78 bits per heavy atom. The molecule has 1 saturated carbocycles. The molecule has 2 heteroatoms. The predicted octanol–water partition coefficient (Wildman–Crippen LogP) is 4.01. The fourth-order valence-corrected chi connectivity index (χ4v) is 3.46. The summed E-state index contributed by atoms with van der Waals surface area (Å²) in [6.07, 6.45) is 5.87. The van der Waals surface area contributed by atoms with Gasteiger partial charge in [-0.15, -0.1) is 0 Å². The zero-order valence-electron chi connectivity index (χ0n) is 12.9. The van der Waals surface area contributed by atoms with E-state index >= 15 is 0 Å². The Balaban J connectivity index is 2.77. The number of hydrogen-bond donors (Lipinski definition) is 1. The minimum absolute atomic E-state index is 0.00512. The van der Waals surface area contributed by atoms with Crippen LogP contribution in [0.5, 0.6) is 0 Å². The molecule has 18 heavy (non-hydrogen) atoms. The third-order valence-electron chi connectivity index (χ3n) is 4.44. The van der Waals surface area contributed by atoms with Crippen LogP contribution in [0.25, 0.3) is 0 Å². The van der Waals surface area contributed by atoms with Crippen LogP contribution < -0.4 is 0 Å². The molecule has 0 radical (unpaired) electrons. The van der Waals surface area contributed by atoms with Crippen molar-refractivity contribution >= 4 is 0 Å². The molecule has 108 valence electrons. The van der Waals surface area contributed by atoms with E-state index in [4.69, 9.17) is 4.74 Å². The molecule has 4 unspecified atom stereocenters. The molecule has 1 aliphatic carbocycles. The van der Waals surface area contributed by atoms with Crippen LogP contribution in [0.1, 0.15) is 66.7 Å². The number of hydrogen-bond acceptors (Lipinski definition) is 2. The lowest BCUT2D eigenvalue weighted by Gasteiger charge is -2.42. The molecule has 1 fully saturated rings. The maximum atomic E-state index is 10.8. The Kier molecular flexibility index (Phi) is 6.13. The van der Waals surface area contributed by atoms with Crippen molar-refractivity contribution in [2.75, 3.05) is 6.61 Å². The van der Waals surface area contributed by atoms with Crippen molar-refractivity contribution in [1.82, 2.24) is 0 Å². The molecule has 0 aromatic heterocycles. The Bertz CT molecular complexity index is 232. The molecule has 0 bridgehead atoms. The fourth-order valence-electron chi connectivity index (χ4n) is 3.46. The number of ether oxygens (including phenoxy) is 1. The second-order valence-corrected chi connectivity index (χ2v) is 6.85. The van der Waals surface area contributed by atoms with Crippen LogP contribution in [-0.4, -0.2) is 23.9 Å². The highest BCUT2D eigenvalue weighted by atomic mass is 16.5. The average Bonchev–Trinajstić information content (AvgIpc) is 2.33. The summed E-state index contributed by atoms with van der Waals surface area (Å²) in [5.41, 5.74) is 0.00512. The summed E-state index contributed by atoms with van der Waals surface area (Å²) in [5, 5.41) is 10.8. The van der Waals surface area contributed by atoms with Gasteiger partial charge in [0.05, 0.1) is 12.2 Å². The van der Waals surface area contributed by atoms with Crippen LogP contribution in [0.15, 0.2) is 0 Å². The zero-order valence-corrected chi connectivity index (χ0v) is 12.9. The zero-order chi connectivity index (χ0) is 13.8. The van der Waals surface area contributed by atoms with Crippen LogP contribution in [0.4, 0.5) is 0 Å². The molecule has 4 atom stereocenters. The lowest BCUT2D eigenvalue weighted by Crippen LogP contribution is -2.46. The van der Waals surface area contributed by atoms with Crippen molar-refractivity contribution in [1.29, 1.82) is 0 Å². The van der Waals surface area contributed by atoms with E-state index in [0.717, 1.165) is 0 Å². The summed E-state index contributed by atoms with van der Waals surface area (Å²) in [6.45, 7) is 11.5. The Labute approximate surface area is 113 Å². The molecule has 0 aliphatic heterocycles. The first-order valence-corrected chi connectivity index (χ1v) is 7.71. The van der Waals surface area contributed by atoms with E-state index in [9.17, 15) is 5.11 Å². The molecule has 0 amide bonds. The summed E-state index contributed by atoms with van der Waals surface area (Å²) in [5.74, 6) is 1.11. The largest absolute Gasteiger partial charge is 0.390 e. The summed E-state index contributed by atoms with van der Waals surface area (Å²) in [6, 6.07) is 0. The molecule has 0 saturated heterocycles. The smallest absolute Gasteiger partial charge is 0.0884 e. The van der Waals surface area contributed by atoms with Gasteiger partial charge in [0.25, 0.3) is 0 Å². The van der Waals surface area contributed by atoms with Crippen molar-refractivity contribution in [2.45, 2.75) is 78.9 Å². The standard InChI is InChI=1S/C16H32O2/c1-6-12-10-8-9-11-13(12)14(17)15(18-7-2)16(3,4)5/h12-15,17H,6-11H2,1-5H3. The number of aliphatic hydroxyl groups excluding tert-OH is 1. The van der Waals surface area contributed by atoms with Crippen LogP contribution in [0.2, 0.25) is 0 Å². The molecule has 0 aromatic carbocycles. The van der Waals surface area contributed by atoms with Crippen LogP contribution in [0.3, 0.4) is 0 Å². The summed E-state index contributed by atoms with van der Waals surface area (Å²) in [7, 11) is 0. The lowest BCUT2D eigenvalue weighted by atomic mass is 9.70. The van der Waals surface area contributed by atoms with Gasteiger partial charge in [-0.3, -0.25) is 0 Å². The van der Waals surface area contributed by atoms with Gasteiger partial charge in [0, 0.05) is 6.61 Å². The average molecular weight is 256 g/mol. The van der Waals surface area contributed by atoms with Gasteiger partial charge in [-0.05, 0) is 30.6 Å². The SMILES string of the molecule is CCOC(C(O)C1CCCCC1CC)C(C)(C)C. The summed E-state index contributed by atoms with van der Waals surface area (Å²) in [4.78, 5) is 0. The van der Waals surface area contributed by atoms with Crippen LogP contribution in [0, 0.1) is 17.3 Å². The highest BCUT2D eigenvalue weighted by Crippen LogP contribution is 2.39. The first kappa shape index (κ1) is 16.0. The Morgan fingerprint density at radius 1 is 1.17 bits per heavy atom.